The van der Waals surface area contributed by atoms with Gasteiger partial charge in [0.15, 0.2) is 11.3 Å². The van der Waals surface area contributed by atoms with Crippen molar-refractivity contribution < 1.29 is 9.15 Å². The van der Waals surface area contributed by atoms with Crippen LogP contribution >= 0.6 is 0 Å². The summed E-state index contributed by atoms with van der Waals surface area (Å²) in [5.41, 5.74) is 0.865. The van der Waals surface area contributed by atoms with Gasteiger partial charge in [0, 0.05) is 5.39 Å². The molecular formula is C14H17NO2. The lowest BCUT2D eigenvalue weighted by atomic mass is 10.1. The second kappa shape index (κ2) is 4.80. The van der Waals surface area contributed by atoms with Crippen LogP contribution in [-0.4, -0.2) is 19.2 Å². The predicted molar refractivity (Wildman–Crippen MR) is 67.4 cm³/mol. The Bertz CT molecular complexity index is 484. The van der Waals surface area contributed by atoms with E-state index in [0.29, 0.717) is 6.10 Å². The Kier molecular flexibility index (Phi) is 3.01. The summed E-state index contributed by atoms with van der Waals surface area (Å²) in [6, 6.07) is 8.02. The molecule has 1 unspecified atom stereocenters. The first-order chi connectivity index (χ1) is 8.43. The normalized spacial score (nSPS) is 21.3. The summed E-state index contributed by atoms with van der Waals surface area (Å²) < 4.78 is 11.6. The molecule has 0 aliphatic carbocycles. The standard InChI is InChI=1S/C14H17NO2/c1-3-11-7-10-16-14(11)13(5-1)17-12-4-2-8-15-9-6-12/h1,3,5,7,10,12,15H,2,4,6,8-9H2. The van der Waals surface area contributed by atoms with E-state index >= 15 is 0 Å². The summed E-state index contributed by atoms with van der Waals surface area (Å²) in [5, 5.41) is 4.50. The van der Waals surface area contributed by atoms with Crippen LogP contribution in [0.1, 0.15) is 19.3 Å². The Labute approximate surface area is 101 Å². The van der Waals surface area contributed by atoms with Gasteiger partial charge in [-0.3, -0.25) is 0 Å². The third-order valence-corrected chi connectivity index (χ3v) is 3.26. The van der Waals surface area contributed by atoms with Crippen molar-refractivity contribution in [2.24, 2.45) is 0 Å². The summed E-state index contributed by atoms with van der Waals surface area (Å²) in [4.78, 5) is 0. The van der Waals surface area contributed by atoms with Gasteiger partial charge < -0.3 is 14.5 Å². The van der Waals surface area contributed by atoms with Crippen LogP contribution in [0.2, 0.25) is 0 Å². The number of hydrogen-bond acceptors (Lipinski definition) is 3. The van der Waals surface area contributed by atoms with E-state index < -0.39 is 0 Å². The van der Waals surface area contributed by atoms with E-state index in [-0.39, 0.29) is 0 Å². The molecule has 3 rings (SSSR count). The molecule has 1 N–H and O–H groups in total. The minimum atomic E-state index is 0.306. The monoisotopic (exact) mass is 231 g/mol. The fourth-order valence-corrected chi connectivity index (χ4v) is 2.34. The summed E-state index contributed by atoms with van der Waals surface area (Å²) >= 11 is 0. The van der Waals surface area contributed by atoms with E-state index in [1.807, 2.05) is 24.3 Å². The Morgan fingerprint density at radius 3 is 3.18 bits per heavy atom. The number of furan rings is 1. The number of para-hydroxylation sites is 1. The molecule has 0 saturated carbocycles. The zero-order valence-electron chi connectivity index (χ0n) is 9.82. The lowest BCUT2D eigenvalue weighted by Crippen LogP contribution is -2.19. The lowest BCUT2D eigenvalue weighted by molar-refractivity contribution is 0.188. The van der Waals surface area contributed by atoms with Gasteiger partial charge in [-0.2, -0.15) is 0 Å². The van der Waals surface area contributed by atoms with Crippen LogP contribution in [0.5, 0.6) is 5.75 Å². The van der Waals surface area contributed by atoms with E-state index in [1.54, 1.807) is 6.26 Å². The molecule has 1 fully saturated rings. The smallest absolute Gasteiger partial charge is 0.175 e. The van der Waals surface area contributed by atoms with Gasteiger partial charge in [-0.1, -0.05) is 12.1 Å². The molecule has 0 spiro atoms. The van der Waals surface area contributed by atoms with Crippen LogP contribution in [0, 0.1) is 0 Å². The van der Waals surface area contributed by atoms with Crippen LogP contribution < -0.4 is 10.1 Å². The minimum absolute atomic E-state index is 0.306. The molecule has 1 aromatic heterocycles. The molecule has 0 radical (unpaired) electrons. The molecule has 1 aromatic carbocycles. The zero-order chi connectivity index (χ0) is 11.5. The fourth-order valence-electron chi connectivity index (χ4n) is 2.34. The molecular weight excluding hydrogens is 214 g/mol. The second-order valence-corrected chi connectivity index (χ2v) is 4.52. The van der Waals surface area contributed by atoms with Crippen LogP contribution in [0.4, 0.5) is 0 Å². The Hall–Kier alpha value is -1.48. The van der Waals surface area contributed by atoms with Gasteiger partial charge in [-0.25, -0.2) is 0 Å². The first kappa shape index (κ1) is 10.7. The van der Waals surface area contributed by atoms with Crippen molar-refractivity contribution in [1.82, 2.24) is 5.32 Å². The maximum atomic E-state index is 6.07. The molecule has 1 saturated heterocycles. The fraction of sp³-hybridized carbons (Fsp3) is 0.429. The predicted octanol–water partition coefficient (Wildman–Crippen LogP) is 2.95. The third-order valence-electron chi connectivity index (χ3n) is 3.26. The average Bonchev–Trinajstić information content (AvgIpc) is 2.69. The van der Waals surface area contributed by atoms with E-state index in [0.717, 1.165) is 42.6 Å². The number of benzene rings is 1. The van der Waals surface area contributed by atoms with E-state index in [4.69, 9.17) is 9.15 Å². The molecule has 17 heavy (non-hydrogen) atoms. The van der Waals surface area contributed by atoms with Crippen molar-refractivity contribution >= 4 is 11.0 Å². The summed E-state index contributed by atoms with van der Waals surface area (Å²) in [6.07, 6.45) is 5.38. The highest BCUT2D eigenvalue weighted by molar-refractivity contribution is 5.82. The SMILES string of the molecule is c1cc(OC2CCCNCC2)c2occc2c1. The van der Waals surface area contributed by atoms with Gasteiger partial charge >= 0.3 is 0 Å². The van der Waals surface area contributed by atoms with Crippen LogP contribution in [0.3, 0.4) is 0 Å². The first-order valence-electron chi connectivity index (χ1n) is 6.27. The zero-order valence-corrected chi connectivity index (χ0v) is 9.82. The Morgan fingerprint density at radius 1 is 1.18 bits per heavy atom. The van der Waals surface area contributed by atoms with Gasteiger partial charge in [0.2, 0.25) is 0 Å². The van der Waals surface area contributed by atoms with Gasteiger partial charge in [0.25, 0.3) is 0 Å². The Balaban J connectivity index is 1.81. The van der Waals surface area contributed by atoms with Crippen molar-refractivity contribution in [3.63, 3.8) is 0 Å². The van der Waals surface area contributed by atoms with E-state index in [9.17, 15) is 0 Å². The number of nitrogens with one attached hydrogen (secondary N) is 1. The number of hydrogen-bond donors (Lipinski definition) is 1. The Morgan fingerprint density at radius 2 is 2.18 bits per heavy atom. The van der Waals surface area contributed by atoms with Gasteiger partial charge in [0.1, 0.15) is 6.10 Å². The minimum Gasteiger partial charge on any atom is -0.486 e. The maximum Gasteiger partial charge on any atom is 0.175 e. The second-order valence-electron chi connectivity index (χ2n) is 4.52. The third kappa shape index (κ3) is 2.29. The first-order valence-corrected chi connectivity index (χ1v) is 6.27. The molecule has 0 amide bonds. The maximum absolute atomic E-state index is 6.07. The van der Waals surface area contributed by atoms with Gasteiger partial charge in [-0.05, 0) is 44.5 Å². The van der Waals surface area contributed by atoms with Crippen LogP contribution in [-0.2, 0) is 0 Å². The number of rotatable bonds is 2. The lowest BCUT2D eigenvalue weighted by Gasteiger charge is -2.16. The van der Waals surface area contributed by atoms with Crippen LogP contribution in [0.25, 0.3) is 11.0 Å². The van der Waals surface area contributed by atoms with Crippen molar-refractivity contribution in [3.8, 4) is 5.75 Å². The van der Waals surface area contributed by atoms with E-state index in [2.05, 4.69) is 5.32 Å². The molecule has 3 nitrogen and oxygen atoms in total. The summed E-state index contributed by atoms with van der Waals surface area (Å²) in [7, 11) is 0. The summed E-state index contributed by atoms with van der Waals surface area (Å²) in [5.74, 6) is 0.874. The number of fused-ring (bicyclic) bond motifs is 1. The van der Waals surface area contributed by atoms with Crippen molar-refractivity contribution in [3.05, 3.63) is 30.5 Å². The molecule has 1 aliphatic rings. The highest BCUT2D eigenvalue weighted by atomic mass is 16.5. The molecule has 2 aromatic rings. The average molecular weight is 231 g/mol. The quantitative estimate of drug-likeness (QED) is 0.862. The highest BCUT2D eigenvalue weighted by Gasteiger charge is 2.15. The van der Waals surface area contributed by atoms with E-state index in [1.165, 1.54) is 6.42 Å². The van der Waals surface area contributed by atoms with Crippen LogP contribution in [0.15, 0.2) is 34.9 Å². The topological polar surface area (TPSA) is 34.4 Å². The molecule has 2 heterocycles. The molecule has 3 heteroatoms. The molecule has 0 bridgehead atoms. The highest BCUT2D eigenvalue weighted by Crippen LogP contribution is 2.28. The molecule has 1 aliphatic heterocycles. The largest absolute Gasteiger partial charge is 0.486 e. The van der Waals surface area contributed by atoms with Gasteiger partial charge in [0.05, 0.1) is 6.26 Å². The van der Waals surface area contributed by atoms with Gasteiger partial charge in [-0.15, -0.1) is 0 Å². The number of ether oxygens (including phenoxy) is 1. The summed E-state index contributed by atoms with van der Waals surface area (Å²) in [6.45, 7) is 2.14. The molecule has 90 valence electrons. The van der Waals surface area contributed by atoms with Crippen molar-refractivity contribution in [1.29, 1.82) is 0 Å². The van der Waals surface area contributed by atoms with Crippen molar-refractivity contribution in [2.45, 2.75) is 25.4 Å². The van der Waals surface area contributed by atoms with Crippen molar-refractivity contribution in [2.75, 3.05) is 13.1 Å². The molecule has 1 atom stereocenters.